The van der Waals surface area contributed by atoms with Crippen molar-refractivity contribution in [3.05, 3.63) is 121 Å². The summed E-state index contributed by atoms with van der Waals surface area (Å²) in [6, 6.07) is 40.7. The van der Waals surface area contributed by atoms with E-state index in [9.17, 15) is 4.39 Å². The molecule has 0 atom stereocenters. The van der Waals surface area contributed by atoms with Crippen LogP contribution in [0.15, 0.2) is 115 Å². The van der Waals surface area contributed by atoms with Gasteiger partial charge in [-0.05, 0) is 0 Å². The van der Waals surface area contributed by atoms with Crippen molar-refractivity contribution < 1.29 is 9.13 Å². The van der Waals surface area contributed by atoms with Crippen molar-refractivity contribution in [1.29, 1.82) is 0 Å². The third-order valence-electron chi connectivity index (χ3n) is 5.54. The Morgan fingerprint density at radius 1 is 0.567 bits per heavy atom. The summed E-state index contributed by atoms with van der Waals surface area (Å²) in [6.45, 7) is -0.397. The summed E-state index contributed by atoms with van der Waals surface area (Å²) in [4.78, 5) is 0. The van der Waals surface area contributed by atoms with E-state index in [0.717, 1.165) is 6.16 Å². The van der Waals surface area contributed by atoms with Crippen molar-refractivity contribution in [3.63, 3.8) is 0 Å². The van der Waals surface area contributed by atoms with Crippen molar-refractivity contribution in [2.24, 2.45) is 0 Å². The van der Waals surface area contributed by atoms with Crippen LogP contribution < -0.4 is 20.7 Å². The normalized spacial score (nSPS) is 11.8. The number of hydrogen-bond acceptors (Lipinski definition) is 1. The minimum atomic E-state index is -2.35. The number of hydrogen-bond donors (Lipinski definition) is 0. The fraction of sp³-hybridized carbons (Fsp3) is 0.111. The van der Waals surface area contributed by atoms with E-state index in [-0.39, 0.29) is 6.61 Å². The van der Waals surface area contributed by atoms with Gasteiger partial charge in [-0.25, -0.2) is 0 Å². The molecule has 0 fully saturated rings. The Kier molecular flexibility index (Phi) is 6.57. The molecule has 3 heteroatoms. The van der Waals surface area contributed by atoms with Gasteiger partial charge in [0.15, 0.2) is 0 Å². The van der Waals surface area contributed by atoms with Gasteiger partial charge in [-0.1, -0.05) is 0 Å². The summed E-state index contributed by atoms with van der Waals surface area (Å²) in [5, 5.41) is 4.06. The summed E-state index contributed by atoms with van der Waals surface area (Å²) in [7, 11) is -2.35. The minimum absolute atomic E-state index is 0.0866. The molecular weight excluding hydrogens is 390 g/mol. The first-order valence-corrected chi connectivity index (χ1v) is 12.5. The van der Waals surface area contributed by atoms with Gasteiger partial charge in [0, 0.05) is 0 Å². The Balaban J connectivity index is 1.90. The van der Waals surface area contributed by atoms with Crippen LogP contribution in [0, 0.1) is 0 Å². The molecule has 0 radical (unpaired) electrons. The summed E-state index contributed by atoms with van der Waals surface area (Å²) in [5.74, 6) is 0.708. The monoisotopic (exact) mass is 416 g/mol. The molecule has 0 saturated carbocycles. The van der Waals surface area contributed by atoms with Gasteiger partial charge in [0.05, 0.1) is 0 Å². The molecule has 0 aliphatic carbocycles. The number of rotatable bonds is 8. The van der Waals surface area contributed by atoms with Crippen molar-refractivity contribution in [2.75, 3.05) is 13.3 Å². The standard InChI is InChI=1S/C27H26FOP/c28-20-21-29-24-16-18-27(19-17-24)30(25-12-6-2-7-13-25,26-14-8-3-9-15-26)22-23-10-4-1-5-11-23/h1-19,30H,20-22H2. The van der Waals surface area contributed by atoms with Crippen LogP contribution in [0.2, 0.25) is 0 Å². The molecule has 0 aliphatic heterocycles. The molecule has 0 unspecified atom stereocenters. The second-order valence-electron chi connectivity index (χ2n) is 7.36. The van der Waals surface area contributed by atoms with E-state index in [2.05, 4.69) is 103 Å². The van der Waals surface area contributed by atoms with Gasteiger partial charge < -0.3 is 0 Å². The zero-order valence-corrected chi connectivity index (χ0v) is 17.9. The summed E-state index contributed by atoms with van der Waals surface area (Å²) in [5.41, 5.74) is 1.33. The average molecular weight is 416 g/mol. The molecule has 4 rings (SSSR count). The molecule has 0 bridgehead atoms. The van der Waals surface area contributed by atoms with Crippen LogP contribution in [0.3, 0.4) is 0 Å². The van der Waals surface area contributed by atoms with Crippen LogP contribution in [-0.4, -0.2) is 13.3 Å². The second-order valence-corrected chi connectivity index (χ2v) is 11.3. The number of ether oxygens (including phenoxy) is 1. The van der Waals surface area contributed by atoms with Gasteiger partial charge in [-0.15, -0.1) is 0 Å². The predicted molar refractivity (Wildman–Crippen MR) is 128 cm³/mol. The fourth-order valence-corrected chi connectivity index (χ4v) is 8.86. The first-order valence-electron chi connectivity index (χ1n) is 10.3. The molecular formula is C27H26FOP. The van der Waals surface area contributed by atoms with E-state index in [1.54, 1.807) is 0 Å². The Morgan fingerprint density at radius 3 is 1.53 bits per heavy atom. The Labute approximate surface area is 178 Å². The van der Waals surface area contributed by atoms with Gasteiger partial charge in [-0.2, -0.15) is 0 Å². The van der Waals surface area contributed by atoms with E-state index < -0.39 is 13.9 Å². The second kappa shape index (κ2) is 9.69. The third-order valence-corrected chi connectivity index (χ3v) is 10.4. The molecule has 0 heterocycles. The Morgan fingerprint density at radius 2 is 1.03 bits per heavy atom. The molecule has 0 saturated heterocycles. The van der Waals surface area contributed by atoms with E-state index in [0.29, 0.717) is 5.75 Å². The Bertz CT molecular complexity index is 995. The summed E-state index contributed by atoms with van der Waals surface area (Å²) in [6.07, 6.45) is 0.965. The molecule has 0 N–H and O–H groups in total. The van der Waals surface area contributed by atoms with Crippen LogP contribution in [-0.2, 0) is 6.16 Å². The van der Waals surface area contributed by atoms with Crippen LogP contribution in [0.25, 0.3) is 0 Å². The topological polar surface area (TPSA) is 9.23 Å². The van der Waals surface area contributed by atoms with Crippen molar-refractivity contribution in [2.45, 2.75) is 6.16 Å². The Hall–Kier alpha value is -2.96. The molecule has 4 aromatic rings. The molecule has 1 nitrogen and oxygen atoms in total. The average Bonchev–Trinajstić information content (AvgIpc) is 2.83. The summed E-state index contributed by atoms with van der Waals surface area (Å²) < 4.78 is 18.0. The van der Waals surface area contributed by atoms with Gasteiger partial charge in [0.25, 0.3) is 0 Å². The van der Waals surface area contributed by atoms with Crippen molar-refractivity contribution in [1.82, 2.24) is 0 Å². The van der Waals surface area contributed by atoms with E-state index in [1.165, 1.54) is 21.5 Å². The van der Waals surface area contributed by atoms with Gasteiger partial charge >= 0.3 is 178 Å². The molecule has 0 amide bonds. The van der Waals surface area contributed by atoms with E-state index >= 15 is 0 Å². The number of halogens is 1. The third kappa shape index (κ3) is 4.30. The van der Waals surface area contributed by atoms with Crippen LogP contribution in [0.1, 0.15) is 5.56 Å². The zero-order chi connectivity index (χ0) is 20.7. The molecule has 30 heavy (non-hydrogen) atoms. The molecule has 0 aliphatic rings. The maximum absolute atomic E-state index is 12.5. The summed E-state index contributed by atoms with van der Waals surface area (Å²) >= 11 is 0. The zero-order valence-electron chi connectivity index (χ0n) is 16.9. The van der Waals surface area contributed by atoms with Gasteiger partial charge in [0.2, 0.25) is 0 Å². The first kappa shape index (κ1) is 20.3. The number of alkyl halides is 1. The van der Waals surface area contributed by atoms with Gasteiger partial charge in [-0.3, -0.25) is 0 Å². The number of benzene rings is 4. The fourth-order valence-electron chi connectivity index (χ4n) is 4.15. The predicted octanol–water partition coefficient (Wildman–Crippen LogP) is 5.26. The molecule has 0 spiro atoms. The van der Waals surface area contributed by atoms with Crippen LogP contribution in [0.5, 0.6) is 5.75 Å². The van der Waals surface area contributed by atoms with Crippen LogP contribution in [0.4, 0.5) is 4.39 Å². The van der Waals surface area contributed by atoms with Crippen molar-refractivity contribution in [3.8, 4) is 5.75 Å². The molecule has 0 aromatic heterocycles. The SMILES string of the molecule is FCCOc1ccc([PH](Cc2ccccc2)(c2ccccc2)c2ccccc2)cc1. The molecule has 4 aromatic carbocycles. The van der Waals surface area contributed by atoms with Gasteiger partial charge in [0.1, 0.15) is 0 Å². The first-order chi connectivity index (χ1) is 14.8. The van der Waals surface area contributed by atoms with Crippen LogP contribution >= 0.6 is 7.26 Å². The van der Waals surface area contributed by atoms with E-state index in [4.69, 9.17) is 4.74 Å². The quantitative estimate of drug-likeness (QED) is 0.356. The van der Waals surface area contributed by atoms with Crippen molar-refractivity contribution >= 4 is 23.2 Å². The van der Waals surface area contributed by atoms with E-state index in [1.807, 2.05) is 12.1 Å². The molecule has 152 valence electrons. The maximum atomic E-state index is 12.5.